The van der Waals surface area contributed by atoms with Crippen LogP contribution in [0.3, 0.4) is 0 Å². The van der Waals surface area contributed by atoms with E-state index in [1.165, 1.54) is 0 Å². The highest BCUT2D eigenvalue weighted by Crippen LogP contribution is 2.44. The van der Waals surface area contributed by atoms with Crippen LogP contribution in [0.25, 0.3) is 11.1 Å². The van der Waals surface area contributed by atoms with Gasteiger partial charge in [-0.1, -0.05) is 48.5 Å². The molecule has 1 fully saturated rings. The number of benzene rings is 2. The molecule has 0 bridgehead atoms. The molecule has 2 atom stereocenters. The van der Waals surface area contributed by atoms with Gasteiger partial charge in [-0.25, -0.2) is 9.59 Å². The maximum absolute atomic E-state index is 12.1. The zero-order valence-corrected chi connectivity index (χ0v) is 16.2. The van der Waals surface area contributed by atoms with Gasteiger partial charge in [-0.3, -0.25) is 4.79 Å². The van der Waals surface area contributed by atoms with Crippen LogP contribution >= 0.6 is 0 Å². The van der Waals surface area contributed by atoms with Crippen LogP contribution in [0.1, 0.15) is 23.5 Å². The average molecular weight is 410 g/mol. The Morgan fingerprint density at radius 2 is 1.67 bits per heavy atom. The van der Waals surface area contributed by atoms with E-state index in [0.717, 1.165) is 22.3 Å². The molecule has 0 radical (unpaired) electrons. The lowest BCUT2D eigenvalue weighted by Crippen LogP contribution is -2.47. The number of carbonyl (C=O) groups excluding carboxylic acids is 2. The van der Waals surface area contributed by atoms with E-state index in [1.54, 1.807) is 0 Å². The third-order valence-electron chi connectivity index (χ3n) is 5.42. The lowest BCUT2D eigenvalue weighted by molar-refractivity contribution is -0.148. The van der Waals surface area contributed by atoms with Gasteiger partial charge < -0.3 is 25.2 Å². The Morgan fingerprint density at radius 3 is 2.30 bits per heavy atom. The van der Waals surface area contributed by atoms with Gasteiger partial charge in [0.1, 0.15) is 13.2 Å². The molecule has 0 aromatic heterocycles. The molecule has 8 heteroatoms. The summed E-state index contributed by atoms with van der Waals surface area (Å²) in [5, 5.41) is 14.0. The summed E-state index contributed by atoms with van der Waals surface area (Å²) in [7, 11) is 0. The molecule has 2 aromatic rings. The first-order valence-corrected chi connectivity index (χ1v) is 9.77. The van der Waals surface area contributed by atoms with Crippen LogP contribution in [0.5, 0.6) is 0 Å². The number of carbonyl (C=O) groups is 3. The van der Waals surface area contributed by atoms with Gasteiger partial charge >= 0.3 is 12.1 Å². The number of carboxylic acids is 1. The molecule has 4 rings (SSSR count). The quantitative estimate of drug-likeness (QED) is 0.670. The van der Waals surface area contributed by atoms with Crippen molar-refractivity contribution in [3.63, 3.8) is 0 Å². The molecular formula is C22H22N2O6. The van der Waals surface area contributed by atoms with Crippen LogP contribution in [0.15, 0.2) is 48.5 Å². The van der Waals surface area contributed by atoms with Crippen molar-refractivity contribution in [2.75, 3.05) is 19.8 Å². The van der Waals surface area contributed by atoms with Crippen molar-refractivity contribution in [1.82, 2.24) is 10.6 Å². The van der Waals surface area contributed by atoms with Crippen molar-refractivity contribution in [2.24, 2.45) is 0 Å². The summed E-state index contributed by atoms with van der Waals surface area (Å²) < 4.78 is 10.5. The van der Waals surface area contributed by atoms with Gasteiger partial charge in [-0.2, -0.15) is 0 Å². The van der Waals surface area contributed by atoms with E-state index in [-0.39, 0.29) is 25.7 Å². The fourth-order valence-electron chi connectivity index (χ4n) is 4.04. The molecule has 1 aliphatic heterocycles. The fourth-order valence-corrected chi connectivity index (χ4v) is 4.04. The van der Waals surface area contributed by atoms with Crippen LogP contribution in [0, 0.1) is 0 Å². The third kappa shape index (κ3) is 3.99. The van der Waals surface area contributed by atoms with Crippen molar-refractivity contribution < 1.29 is 29.0 Å². The average Bonchev–Trinajstić information content (AvgIpc) is 3.33. The molecule has 0 saturated carbocycles. The number of alkyl carbamates (subject to hydrolysis) is 1. The van der Waals surface area contributed by atoms with Gasteiger partial charge in [0.05, 0.1) is 6.04 Å². The SMILES string of the molecule is O=C(CNC(=O)OCC1c2ccccc2-c2ccccc21)NC1CCOC1C(=O)O. The van der Waals surface area contributed by atoms with E-state index in [0.29, 0.717) is 6.42 Å². The molecule has 1 saturated heterocycles. The Hall–Kier alpha value is -3.39. The second-order valence-electron chi connectivity index (χ2n) is 7.27. The number of amides is 2. The van der Waals surface area contributed by atoms with Crippen LogP contribution in [-0.2, 0) is 19.1 Å². The Bertz CT molecular complexity index is 930. The minimum Gasteiger partial charge on any atom is -0.479 e. The predicted molar refractivity (Wildman–Crippen MR) is 107 cm³/mol. The van der Waals surface area contributed by atoms with Crippen molar-refractivity contribution in [3.05, 3.63) is 59.7 Å². The number of aliphatic carboxylic acids is 1. The Kier molecular flexibility index (Phi) is 5.67. The van der Waals surface area contributed by atoms with Gasteiger partial charge in [-0.05, 0) is 28.7 Å². The van der Waals surface area contributed by atoms with E-state index in [2.05, 4.69) is 22.8 Å². The second-order valence-corrected chi connectivity index (χ2v) is 7.27. The number of rotatable bonds is 6. The molecule has 156 valence electrons. The van der Waals surface area contributed by atoms with E-state index < -0.39 is 30.1 Å². The van der Waals surface area contributed by atoms with E-state index in [4.69, 9.17) is 14.6 Å². The first-order chi connectivity index (χ1) is 14.5. The first kappa shape index (κ1) is 19.9. The summed E-state index contributed by atoms with van der Waals surface area (Å²) in [5.74, 6) is -1.68. The number of nitrogens with one attached hydrogen (secondary N) is 2. The highest BCUT2D eigenvalue weighted by molar-refractivity contribution is 5.84. The number of hydrogen-bond acceptors (Lipinski definition) is 5. The molecule has 2 aromatic carbocycles. The normalized spacial score (nSPS) is 19.6. The summed E-state index contributed by atoms with van der Waals surface area (Å²) in [6.45, 7) is 0.111. The largest absolute Gasteiger partial charge is 0.479 e. The van der Waals surface area contributed by atoms with Crippen molar-refractivity contribution in [1.29, 1.82) is 0 Å². The molecule has 1 aliphatic carbocycles. The van der Waals surface area contributed by atoms with Crippen LogP contribution in [0.4, 0.5) is 4.79 Å². The van der Waals surface area contributed by atoms with Gasteiger partial charge in [0.2, 0.25) is 5.91 Å². The molecule has 2 unspecified atom stereocenters. The second kappa shape index (κ2) is 8.54. The monoisotopic (exact) mass is 410 g/mol. The lowest BCUT2D eigenvalue weighted by atomic mass is 9.98. The van der Waals surface area contributed by atoms with Crippen LogP contribution in [0.2, 0.25) is 0 Å². The number of hydrogen-bond donors (Lipinski definition) is 3. The lowest BCUT2D eigenvalue weighted by Gasteiger charge is -2.17. The molecule has 2 amide bonds. The molecule has 0 spiro atoms. The standard InChI is InChI=1S/C22H22N2O6/c25-19(24-18-9-10-29-20(18)21(26)27)11-23-22(28)30-12-17-15-7-3-1-5-13(15)14-6-2-4-8-16(14)17/h1-8,17-18,20H,9-12H2,(H,23,28)(H,24,25)(H,26,27). The van der Waals surface area contributed by atoms with Crippen molar-refractivity contribution in [2.45, 2.75) is 24.5 Å². The molecular weight excluding hydrogens is 388 g/mol. The Labute approximate surface area is 173 Å². The fraction of sp³-hybridized carbons (Fsp3) is 0.318. The maximum Gasteiger partial charge on any atom is 0.407 e. The molecule has 8 nitrogen and oxygen atoms in total. The number of ether oxygens (including phenoxy) is 2. The minimum atomic E-state index is -1.12. The summed E-state index contributed by atoms with van der Waals surface area (Å²) in [5.41, 5.74) is 4.47. The summed E-state index contributed by atoms with van der Waals surface area (Å²) in [6.07, 6.45) is -1.36. The van der Waals surface area contributed by atoms with Gasteiger partial charge in [0, 0.05) is 12.5 Å². The summed E-state index contributed by atoms with van der Waals surface area (Å²) in [6, 6.07) is 15.4. The zero-order chi connectivity index (χ0) is 21.1. The van der Waals surface area contributed by atoms with Gasteiger partial charge in [0.25, 0.3) is 0 Å². The Balaban J connectivity index is 1.29. The van der Waals surface area contributed by atoms with Gasteiger partial charge in [0.15, 0.2) is 6.10 Å². The molecule has 30 heavy (non-hydrogen) atoms. The van der Waals surface area contributed by atoms with Gasteiger partial charge in [-0.15, -0.1) is 0 Å². The highest BCUT2D eigenvalue weighted by Gasteiger charge is 2.35. The minimum absolute atomic E-state index is 0.0658. The maximum atomic E-state index is 12.1. The van der Waals surface area contributed by atoms with Crippen LogP contribution < -0.4 is 10.6 Å². The van der Waals surface area contributed by atoms with Crippen molar-refractivity contribution >= 4 is 18.0 Å². The number of carboxylic acid groups (broad SMARTS) is 1. The van der Waals surface area contributed by atoms with E-state index >= 15 is 0 Å². The highest BCUT2D eigenvalue weighted by atomic mass is 16.5. The smallest absolute Gasteiger partial charge is 0.407 e. The van der Waals surface area contributed by atoms with Crippen LogP contribution in [-0.4, -0.2) is 55.0 Å². The first-order valence-electron chi connectivity index (χ1n) is 9.77. The molecule has 3 N–H and O–H groups in total. The molecule has 2 aliphatic rings. The zero-order valence-electron chi connectivity index (χ0n) is 16.2. The van der Waals surface area contributed by atoms with E-state index in [9.17, 15) is 14.4 Å². The summed E-state index contributed by atoms with van der Waals surface area (Å²) >= 11 is 0. The third-order valence-corrected chi connectivity index (χ3v) is 5.42. The Morgan fingerprint density at radius 1 is 1.03 bits per heavy atom. The van der Waals surface area contributed by atoms with E-state index in [1.807, 2.05) is 36.4 Å². The number of fused-ring (bicyclic) bond motifs is 3. The predicted octanol–water partition coefficient (Wildman–Crippen LogP) is 1.88. The van der Waals surface area contributed by atoms with Crippen molar-refractivity contribution in [3.8, 4) is 11.1 Å². The topological polar surface area (TPSA) is 114 Å². The summed E-state index contributed by atoms with van der Waals surface area (Å²) in [4.78, 5) is 35.2. The molecule has 1 heterocycles.